The number of rotatable bonds is 5. The van der Waals surface area contributed by atoms with Gasteiger partial charge in [0.1, 0.15) is 0 Å². The highest BCUT2D eigenvalue weighted by molar-refractivity contribution is 5.85. The van der Waals surface area contributed by atoms with Crippen LogP contribution in [-0.2, 0) is 9.53 Å². The monoisotopic (exact) mass is 242 g/mol. The van der Waals surface area contributed by atoms with E-state index in [0.717, 1.165) is 13.0 Å². The third kappa shape index (κ3) is 2.80. The second-order valence-electron chi connectivity index (χ2n) is 5.90. The van der Waals surface area contributed by atoms with Crippen molar-refractivity contribution in [2.75, 3.05) is 13.7 Å². The topological polar surface area (TPSA) is 50.4 Å². The average molecular weight is 242 g/mol. The molecule has 0 bridgehead atoms. The molecule has 0 heterocycles. The van der Waals surface area contributed by atoms with Crippen molar-refractivity contribution in [1.29, 1.82) is 0 Å². The lowest BCUT2D eigenvalue weighted by atomic mass is 9.64. The third-order valence-electron chi connectivity index (χ3n) is 4.04. The fourth-order valence-electron chi connectivity index (χ4n) is 2.07. The van der Waals surface area contributed by atoms with Gasteiger partial charge in [0.05, 0.1) is 11.6 Å². The first-order valence-corrected chi connectivity index (χ1v) is 6.37. The van der Waals surface area contributed by atoms with Gasteiger partial charge >= 0.3 is 0 Å². The fourth-order valence-corrected chi connectivity index (χ4v) is 2.07. The minimum absolute atomic E-state index is 0.0233. The van der Waals surface area contributed by atoms with Crippen molar-refractivity contribution in [3.63, 3.8) is 0 Å². The Morgan fingerprint density at radius 1 is 1.47 bits per heavy atom. The zero-order valence-electron chi connectivity index (χ0n) is 11.9. The van der Waals surface area contributed by atoms with Gasteiger partial charge in [-0.05, 0) is 34.2 Å². The molecule has 1 aliphatic rings. The standard InChI is InChI=1S/C13H26N2O2/c1-7-17-10-8-9(12(10,2)3)15-11(16)13(4,5)14-6/h9-10,14H,7-8H2,1-6H3,(H,15,16). The van der Waals surface area contributed by atoms with Gasteiger partial charge in [0.2, 0.25) is 5.91 Å². The van der Waals surface area contributed by atoms with E-state index in [1.807, 2.05) is 20.8 Å². The van der Waals surface area contributed by atoms with Gasteiger partial charge in [-0.15, -0.1) is 0 Å². The molecule has 0 aromatic carbocycles. The Labute approximate surface area is 104 Å². The van der Waals surface area contributed by atoms with Crippen LogP contribution >= 0.6 is 0 Å². The molecule has 100 valence electrons. The van der Waals surface area contributed by atoms with Gasteiger partial charge in [0.15, 0.2) is 0 Å². The number of carbonyl (C=O) groups excluding carboxylic acids is 1. The lowest BCUT2D eigenvalue weighted by molar-refractivity contribution is -0.140. The SMILES string of the molecule is CCOC1CC(NC(=O)C(C)(C)NC)C1(C)C. The quantitative estimate of drug-likeness (QED) is 0.764. The summed E-state index contributed by atoms with van der Waals surface area (Å²) in [5.41, 5.74) is -0.498. The van der Waals surface area contributed by atoms with Crippen LogP contribution in [0.15, 0.2) is 0 Å². The first-order chi connectivity index (χ1) is 7.75. The Balaban J connectivity index is 2.53. The number of likely N-dealkylation sites (N-methyl/N-ethyl adjacent to an activating group) is 1. The average Bonchev–Trinajstić information content (AvgIpc) is 2.27. The van der Waals surface area contributed by atoms with Crippen LogP contribution in [0.1, 0.15) is 41.0 Å². The molecule has 1 amide bonds. The van der Waals surface area contributed by atoms with Crippen LogP contribution in [0.4, 0.5) is 0 Å². The van der Waals surface area contributed by atoms with Gasteiger partial charge in [-0.25, -0.2) is 0 Å². The summed E-state index contributed by atoms with van der Waals surface area (Å²) in [6, 6.07) is 0.208. The molecule has 0 spiro atoms. The molecule has 4 nitrogen and oxygen atoms in total. The highest BCUT2D eigenvalue weighted by Crippen LogP contribution is 2.42. The Hall–Kier alpha value is -0.610. The van der Waals surface area contributed by atoms with Crippen LogP contribution in [0.3, 0.4) is 0 Å². The van der Waals surface area contributed by atoms with E-state index in [4.69, 9.17) is 4.74 Å². The zero-order chi connectivity index (χ0) is 13.3. The number of hydrogen-bond donors (Lipinski definition) is 2. The van der Waals surface area contributed by atoms with Gasteiger partial charge < -0.3 is 15.4 Å². The highest BCUT2D eigenvalue weighted by Gasteiger charge is 2.50. The molecule has 1 aliphatic carbocycles. The molecule has 2 atom stereocenters. The van der Waals surface area contributed by atoms with Gasteiger partial charge in [0.25, 0.3) is 0 Å². The molecule has 0 saturated heterocycles. The summed E-state index contributed by atoms with van der Waals surface area (Å²) in [7, 11) is 1.80. The minimum Gasteiger partial charge on any atom is -0.378 e. The van der Waals surface area contributed by atoms with Gasteiger partial charge in [-0.3, -0.25) is 4.79 Å². The number of ether oxygens (including phenoxy) is 1. The molecule has 0 aliphatic heterocycles. The molecule has 0 radical (unpaired) electrons. The van der Waals surface area contributed by atoms with Crippen molar-refractivity contribution in [2.45, 2.75) is 58.7 Å². The Bertz CT molecular complexity index is 287. The lowest BCUT2D eigenvalue weighted by Crippen LogP contribution is -2.65. The maximum Gasteiger partial charge on any atom is 0.239 e. The molecule has 0 aromatic heterocycles. The van der Waals surface area contributed by atoms with Gasteiger partial charge in [-0.1, -0.05) is 13.8 Å². The molecule has 1 rings (SSSR count). The summed E-state index contributed by atoms with van der Waals surface area (Å²) >= 11 is 0. The van der Waals surface area contributed by atoms with E-state index in [1.165, 1.54) is 0 Å². The maximum absolute atomic E-state index is 12.0. The van der Waals surface area contributed by atoms with Crippen LogP contribution < -0.4 is 10.6 Å². The Morgan fingerprint density at radius 3 is 2.47 bits per heavy atom. The molecule has 0 aromatic rings. The molecule has 1 saturated carbocycles. The van der Waals surface area contributed by atoms with Crippen LogP contribution in [0.2, 0.25) is 0 Å². The van der Waals surface area contributed by atoms with Crippen LogP contribution in [-0.4, -0.2) is 37.2 Å². The predicted octanol–water partition coefficient (Wildman–Crippen LogP) is 1.30. The van der Waals surface area contributed by atoms with E-state index < -0.39 is 5.54 Å². The number of amides is 1. The number of hydrogen-bond acceptors (Lipinski definition) is 3. The highest BCUT2D eigenvalue weighted by atomic mass is 16.5. The number of nitrogens with one attached hydrogen (secondary N) is 2. The molecule has 17 heavy (non-hydrogen) atoms. The van der Waals surface area contributed by atoms with Crippen molar-refractivity contribution in [2.24, 2.45) is 5.41 Å². The summed E-state index contributed by atoms with van der Waals surface area (Å²) in [6.45, 7) is 10.8. The predicted molar refractivity (Wildman–Crippen MR) is 68.9 cm³/mol. The van der Waals surface area contributed by atoms with Gasteiger partial charge in [-0.2, -0.15) is 0 Å². The summed E-state index contributed by atoms with van der Waals surface area (Å²) in [5, 5.41) is 6.12. The molecule has 1 fully saturated rings. The molecular formula is C13H26N2O2. The van der Waals surface area contributed by atoms with Crippen LogP contribution in [0.5, 0.6) is 0 Å². The van der Waals surface area contributed by atoms with E-state index in [2.05, 4.69) is 24.5 Å². The largest absolute Gasteiger partial charge is 0.378 e. The summed E-state index contributed by atoms with van der Waals surface area (Å²) < 4.78 is 5.65. The lowest BCUT2D eigenvalue weighted by Gasteiger charge is -2.52. The second kappa shape index (κ2) is 4.94. The zero-order valence-corrected chi connectivity index (χ0v) is 11.9. The minimum atomic E-state index is -0.521. The van der Waals surface area contributed by atoms with Crippen molar-refractivity contribution in [3.05, 3.63) is 0 Å². The summed E-state index contributed by atoms with van der Waals surface area (Å²) in [6.07, 6.45) is 1.17. The normalized spacial score (nSPS) is 27.4. The Kier molecular flexibility index (Phi) is 4.20. The number of carbonyl (C=O) groups is 1. The molecule has 2 unspecified atom stereocenters. The molecular weight excluding hydrogens is 216 g/mol. The first kappa shape index (κ1) is 14.5. The third-order valence-corrected chi connectivity index (χ3v) is 4.04. The van der Waals surface area contributed by atoms with E-state index in [-0.39, 0.29) is 23.5 Å². The van der Waals surface area contributed by atoms with E-state index in [9.17, 15) is 4.79 Å². The van der Waals surface area contributed by atoms with Crippen molar-refractivity contribution >= 4 is 5.91 Å². The summed E-state index contributed by atoms with van der Waals surface area (Å²) in [4.78, 5) is 12.0. The van der Waals surface area contributed by atoms with Gasteiger partial charge in [0, 0.05) is 18.1 Å². The second-order valence-corrected chi connectivity index (χ2v) is 5.90. The first-order valence-electron chi connectivity index (χ1n) is 6.37. The van der Waals surface area contributed by atoms with E-state index >= 15 is 0 Å². The fraction of sp³-hybridized carbons (Fsp3) is 0.923. The Morgan fingerprint density at radius 2 is 2.06 bits per heavy atom. The van der Waals surface area contributed by atoms with Crippen LogP contribution in [0.25, 0.3) is 0 Å². The van der Waals surface area contributed by atoms with E-state index in [0.29, 0.717) is 0 Å². The van der Waals surface area contributed by atoms with E-state index in [1.54, 1.807) is 7.05 Å². The smallest absolute Gasteiger partial charge is 0.239 e. The van der Waals surface area contributed by atoms with Crippen molar-refractivity contribution in [3.8, 4) is 0 Å². The molecule has 2 N–H and O–H groups in total. The van der Waals surface area contributed by atoms with Crippen molar-refractivity contribution in [1.82, 2.24) is 10.6 Å². The van der Waals surface area contributed by atoms with Crippen molar-refractivity contribution < 1.29 is 9.53 Å². The summed E-state index contributed by atoms with van der Waals surface area (Å²) in [5.74, 6) is 0.0491. The van der Waals surface area contributed by atoms with Crippen LogP contribution in [0, 0.1) is 5.41 Å². The maximum atomic E-state index is 12.0. The molecule has 4 heteroatoms.